The molecule has 180 valence electrons. The van der Waals surface area contributed by atoms with Gasteiger partial charge in [0.25, 0.3) is 11.7 Å². The van der Waals surface area contributed by atoms with E-state index in [0.717, 1.165) is 6.42 Å². The molecular formula is C25H23N3O6S. The molecule has 1 unspecified atom stereocenters. The average Bonchev–Trinajstić information content (AvgIpc) is 3.13. The molecule has 10 heteroatoms. The van der Waals surface area contributed by atoms with Gasteiger partial charge < -0.3 is 9.84 Å². The minimum Gasteiger partial charge on any atom is -0.507 e. The Bertz CT molecular complexity index is 1400. The van der Waals surface area contributed by atoms with Crippen molar-refractivity contribution in [3.8, 4) is 5.75 Å². The van der Waals surface area contributed by atoms with Crippen molar-refractivity contribution in [3.05, 3.63) is 89.8 Å². The quantitative estimate of drug-likeness (QED) is 0.293. The zero-order valence-corrected chi connectivity index (χ0v) is 19.6. The molecule has 1 aliphatic heterocycles. The molecule has 35 heavy (non-hydrogen) atoms. The second-order valence-electron chi connectivity index (χ2n) is 7.84. The van der Waals surface area contributed by atoms with E-state index in [0.29, 0.717) is 23.6 Å². The summed E-state index contributed by atoms with van der Waals surface area (Å²) in [7, 11) is -3.95. The molecule has 0 radical (unpaired) electrons. The monoisotopic (exact) mass is 493 g/mol. The molecular weight excluding hydrogens is 470 g/mol. The summed E-state index contributed by atoms with van der Waals surface area (Å²) in [6.45, 7) is 2.45. The second-order valence-corrected chi connectivity index (χ2v) is 9.40. The number of anilines is 1. The highest BCUT2D eigenvalue weighted by Gasteiger charge is 2.47. The molecule has 4 rings (SSSR count). The van der Waals surface area contributed by atoms with Gasteiger partial charge in [0, 0.05) is 17.4 Å². The van der Waals surface area contributed by atoms with Gasteiger partial charge in [0.1, 0.15) is 17.6 Å². The first kappa shape index (κ1) is 24.1. The highest BCUT2D eigenvalue weighted by atomic mass is 32.2. The van der Waals surface area contributed by atoms with Gasteiger partial charge in [0.05, 0.1) is 22.8 Å². The van der Waals surface area contributed by atoms with Crippen LogP contribution in [0.25, 0.3) is 5.76 Å². The first-order chi connectivity index (χ1) is 16.7. The van der Waals surface area contributed by atoms with Crippen molar-refractivity contribution in [2.45, 2.75) is 24.3 Å². The first-order valence-corrected chi connectivity index (χ1v) is 12.3. The summed E-state index contributed by atoms with van der Waals surface area (Å²) in [5.41, 5.74) is 0.760. The molecule has 9 nitrogen and oxygen atoms in total. The van der Waals surface area contributed by atoms with Crippen molar-refractivity contribution < 1.29 is 27.9 Å². The summed E-state index contributed by atoms with van der Waals surface area (Å²) in [5.74, 6) is -1.64. The van der Waals surface area contributed by atoms with Crippen LogP contribution < -0.4 is 14.8 Å². The number of primary sulfonamides is 1. The van der Waals surface area contributed by atoms with E-state index in [1.807, 2.05) is 6.92 Å². The standard InChI is InChI=1S/C25H23N3O6S/c1-2-14-34-18-7-5-6-16(15-18)23(29)21-22(20-8-3-4-13-27-20)28(25(31)24(21)30)17-9-11-19(12-10-17)35(26,32)33/h3-13,15,22,29H,2,14H2,1H3,(H2,26,32,33)/b23-21+. The van der Waals surface area contributed by atoms with Crippen LogP contribution in [0.2, 0.25) is 0 Å². The molecule has 1 aliphatic rings. The third-order valence-electron chi connectivity index (χ3n) is 5.44. The van der Waals surface area contributed by atoms with Gasteiger partial charge in [0.15, 0.2) is 0 Å². The van der Waals surface area contributed by atoms with Gasteiger partial charge >= 0.3 is 0 Å². The summed E-state index contributed by atoms with van der Waals surface area (Å²) in [6, 6.07) is 15.8. The molecule has 1 saturated heterocycles. The van der Waals surface area contributed by atoms with Crippen LogP contribution in [0.15, 0.2) is 83.4 Å². The molecule has 3 N–H and O–H groups in total. The maximum absolute atomic E-state index is 13.2. The Labute approximate surface area is 202 Å². The van der Waals surface area contributed by atoms with Gasteiger partial charge in [0.2, 0.25) is 10.0 Å². The third kappa shape index (κ3) is 4.79. The van der Waals surface area contributed by atoms with Crippen LogP contribution in [-0.2, 0) is 19.6 Å². The van der Waals surface area contributed by atoms with E-state index >= 15 is 0 Å². The van der Waals surface area contributed by atoms with Crippen LogP contribution in [0, 0.1) is 0 Å². The lowest BCUT2D eigenvalue weighted by Gasteiger charge is -2.24. The van der Waals surface area contributed by atoms with E-state index in [2.05, 4.69) is 4.98 Å². The average molecular weight is 494 g/mol. The molecule has 1 fully saturated rings. The van der Waals surface area contributed by atoms with Crippen LogP contribution in [0.4, 0.5) is 5.69 Å². The molecule has 0 bridgehead atoms. The van der Waals surface area contributed by atoms with Crippen LogP contribution in [0.1, 0.15) is 30.6 Å². The number of aromatic nitrogens is 1. The number of nitrogens with two attached hydrogens (primary N) is 1. The Morgan fingerprint density at radius 3 is 2.46 bits per heavy atom. The van der Waals surface area contributed by atoms with Gasteiger partial charge in [-0.25, -0.2) is 13.6 Å². The van der Waals surface area contributed by atoms with E-state index in [-0.39, 0.29) is 21.9 Å². The van der Waals surface area contributed by atoms with Crippen molar-refractivity contribution in [1.29, 1.82) is 0 Å². The number of carbonyl (C=O) groups is 2. The molecule has 3 aromatic rings. The normalized spacial score (nSPS) is 17.5. The molecule has 1 atom stereocenters. The van der Waals surface area contributed by atoms with E-state index in [1.165, 1.54) is 35.4 Å². The zero-order valence-electron chi connectivity index (χ0n) is 18.8. The Morgan fingerprint density at radius 1 is 1.09 bits per heavy atom. The van der Waals surface area contributed by atoms with Gasteiger partial charge in [-0.1, -0.05) is 25.1 Å². The topological polar surface area (TPSA) is 140 Å². The van der Waals surface area contributed by atoms with E-state index < -0.39 is 27.8 Å². The largest absolute Gasteiger partial charge is 0.507 e. The molecule has 0 saturated carbocycles. The maximum atomic E-state index is 13.2. The first-order valence-electron chi connectivity index (χ1n) is 10.8. The lowest BCUT2D eigenvalue weighted by Crippen LogP contribution is -2.29. The third-order valence-corrected chi connectivity index (χ3v) is 6.37. The number of aliphatic hydroxyl groups excluding tert-OH is 1. The van der Waals surface area contributed by atoms with Gasteiger partial charge in [-0.2, -0.15) is 0 Å². The smallest absolute Gasteiger partial charge is 0.300 e. The Hall–Kier alpha value is -4.02. The molecule has 1 aromatic heterocycles. The van der Waals surface area contributed by atoms with E-state index in [9.17, 15) is 23.1 Å². The highest BCUT2D eigenvalue weighted by molar-refractivity contribution is 7.89. The van der Waals surface area contributed by atoms with Crippen molar-refractivity contribution >= 4 is 33.2 Å². The fraction of sp³-hybridized carbons (Fsp3) is 0.160. The zero-order chi connectivity index (χ0) is 25.2. The number of benzene rings is 2. The Balaban J connectivity index is 1.86. The lowest BCUT2D eigenvalue weighted by atomic mass is 9.98. The predicted molar refractivity (Wildman–Crippen MR) is 129 cm³/mol. The summed E-state index contributed by atoms with van der Waals surface area (Å²) < 4.78 is 28.9. The SMILES string of the molecule is CCCOc1cccc(/C(O)=C2\C(=O)C(=O)N(c3ccc(S(N)(=O)=O)cc3)C2c2ccccn2)c1. The molecule has 0 aliphatic carbocycles. The maximum Gasteiger partial charge on any atom is 0.300 e. The number of carbonyl (C=O) groups excluding carboxylic acids is 2. The minimum atomic E-state index is -3.95. The molecule has 2 aromatic carbocycles. The second kappa shape index (κ2) is 9.69. The number of ether oxygens (including phenoxy) is 1. The summed E-state index contributed by atoms with van der Waals surface area (Å²) in [6.07, 6.45) is 2.31. The van der Waals surface area contributed by atoms with Crippen molar-refractivity contribution in [2.75, 3.05) is 11.5 Å². The highest BCUT2D eigenvalue weighted by Crippen LogP contribution is 2.41. The van der Waals surface area contributed by atoms with Crippen LogP contribution in [0.3, 0.4) is 0 Å². The number of hydrogen-bond donors (Lipinski definition) is 2. The number of pyridine rings is 1. The van der Waals surface area contributed by atoms with Crippen molar-refractivity contribution in [1.82, 2.24) is 4.98 Å². The molecule has 2 heterocycles. The number of sulfonamides is 1. The summed E-state index contributed by atoms with van der Waals surface area (Å²) in [5, 5.41) is 16.4. The molecule has 0 spiro atoms. The van der Waals surface area contributed by atoms with E-state index in [4.69, 9.17) is 9.88 Å². The number of amides is 1. The number of rotatable bonds is 7. The fourth-order valence-corrected chi connectivity index (χ4v) is 4.34. The van der Waals surface area contributed by atoms with Crippen LogP contribution >= 0.6 is 0 Å². The predicted octanol–water partition coefficient (Wildman–Crippen LogP) is 3.14. The van der Waals surface area contributed by atoms with Crippen molar-refractivity contribution in [2.24, 2.45) is 5.14 Å². The van der Waals surface area contributed by atoms with E-state index in [1.54, 1.807) is 42.5 Å². The number of nitrogens with zero attached hydrogens (tertiary/aromatic N) is 2. The van der Waals surface area contributed by atoms with Crippen LogP contribution in [-0.4, -0.2) is 36.8 Å². The summed E-state index contributed by atoms with van der Waals surface area (Å²) in [4.78, 5) is 31.7. The van der Waals surface area contributed by atoms with Crippen molar-refractivity contribution in [3.63, 3.8) is 0 Å². The number of aliphatic hydroxyl groups is 1. The number of Topliss-reactive ketones (excluding diaryl/α,β-unsaturated/α-hetero) is 1. The number of hydrogen-bond acceptors (Lipinski definition) is 7. The lowest BCUT2D eigenvalue weighted by molar-refractivity contribution is -0.132. The Kier molecular flexibility index (Phi) is 6.68. The number of ketones is 1. The van der Waals surface area contributed by atoms with Gasteiger partial charge in [-0.15, -0.1) is 0 Å². The minimum absolute atomic E-state index is 0.142. The van der Waals surface area contributed by atoms with Crippen LogP contribution in [0.5, 0.6) is 5.75 Å². The Morgan fingerprint density at radius 2 is 1.83 bits per heavy atom. The molecule has 1 amide bonds. The van der Waals surface area contributed by atoms with Gasteiger partial charge in [-0.05, 0) is 55.0 Å². The fourth-order valence-electron chi connectivity index (χ4n) is 3.82. The van der Waals surface area contributed by atoms with Gasteiger partial charge in [-0.3, -0.25) is 19.5 Å². The summed E-state index contributed by atoms with van der Waals surface area (Å²) >= 11 is 0.